The lowest BCUT2D eigenvalue weighted by Gasteiger charge is -2.28. The third-order valence-electron chi connectivity index (χ3n) is 7.18. The number of hydrogen-bond acceptors (Lipinski definition) is 3. The predicted molar refractivity (Wildman–Crippen MR) is 146 cm³/mol. The second-order valence-corrected chi connectivity index (χ2v) is 10.7. The lowest BCUT2D eigenvalue weighted by Crippen LogP contribution is -2.36. The van der Waals surface area contributed by atoms with Gasteiger partial charge in [0.05, 0.1) is 0 Å². The minimum Gasteiger partial charge on any atom is -0.352 e. The van der Waals surface area contributed by atoms with E-state index in [-0.39, 0.29) is 17.6 Å². The molecule has 6 heteroatoms. The van der Waals surface area contributed by atoms with Gasteiger partial charge in [0, 0.05) is 47.0 Å². The summed E-state index contributed by atoms with van der Waals surface area (Å²) < 4.78 is 18.9. The summed E-state index contributed by atoms with van der Waals surface area (Å²) in [6.07, 6.45) is 3.72. The van der Waals surface area contributed by atoms with Crippen LogP contribution in [0.25, 0.3) is 22.2 Å². The Kier molecular flexibility index (Phi) is 7.44. The van der Waals surface area contributed by atoms with Gasteiger partial charge >= 0.3 is 0 Å². The lowest BCUT2D eigenvalue weighted by molar-refractivity contribution is -0.126. The van der Waals surface area contributed by atoms with Crippen LogP contribution in [-0.2, 0) is 18.4 Å². The first-order valence-electron chi connectivity index (χ1n) is 12.6. The van der Waals surface area contributed by atoms with Crippen LogP contribution in [-0.4, -0.2) is 16.5 Å². The number of carbonyl (C=O) groups is 1. The molecule has 1 saturated carbocycles. The fraction of sp³-hybridized carbons (Fsp3) is 0.300. The van der Waals surface area contributed by atoms with Crippen LogP contribution in [0.15, 0.2) is 77.7 Å². The Balaban J connectivity index is 1.13. The van der Waals surface area contributed by atoms with E-state index in [1.54, 1.807) is 24.1 Å². The van der Waals surface area contributed by atoms with E-state index in [4.69, 9.17) is 0 Å². The highest BCUT2D eigenvalue weighted by Crippen LogP contribution is 2.31. The van der Waals surface area contributed by atoms with E-state index in [1.165, 1.54) is 44.8 Å². The summed E-state index contributed by atoms with van der Waals surface area (Å²) in [6.45, 7) is 2.56. The first kappa shape index (κ1) is 24.6. The van der Waals surface area contributed by atoms with E-state index >= 15 is 0 Å². The molecule has 0 atom stereocenters. The number of hydrogen-bond donors (Lipinski definition) is 2. The van der Waals surface area contributed by atoms with E-state index in [1.807, 2.05) is 0 Å². The molecule has 1 fully saturated rings. The van der Waals surface area contributed by atoms with Crippen molar-refractivity contribution in [3.05, 3.63) is 89.7 Å². The molecule has 4 aromatic rings. The first-order valence-corrected chi connectivity index (χ1v) is 13.4. The van der Waals surface area contributed by atoms with Crippen molar-refractivity contribution < 1.29 is 9.18 Å². The van der Waals surface area contributed by atoms with E-state index in [2.05, 4.69) is 77.1 Å². The van der Waals surface area contributed by atoms with Gasteiger partial charge in [0.1, 0.15) is 5.82 Å². The summed E-state index contributed by atoms with van der Waals surface area (Å²) in [5.41, 5.74) is 5.85. The summed E-state index contributed by atoms with van der Waals surface area (Å²) >= 11 is 1.68. The van der Waals surface area contributed by atoms with Crippen LogP contribution in [0.5, 0.6) is 0 Å². The van der Waals surface area contributed by atoms with E-state index in [9.17, 15) is 9.18 Å². The number of rotatable bonds is 7. The van der Waals surface area contributed by atoms with Crippen LogP contribution >= 0.6 is 11.9 Å². The summed E-state index contributed by atoms with van der Waals surface area (Å²) in [6, 6.07) is 24.2. The topological polar surface area (TPSA) is 46.1 Å². The Morgan fingerprint density at radius 1 is 0.972 bits per heavy atom. The Labute approximate surface area is 216 Å². The van der Waals surface area contributed by atoms with Crippen molar-refractivity contribution in [3.63, 3.8) is 0 Å². The van der Waals surface area contributed by atoms with Gasteiger partial charge < -0.3 is 9.88 Å². The van der Waals surface area contributed by atoms with Crippen LogP contribution in [0.2, 0.25) is 0 Å². The largest absolute Gasteiger partial charge is 0.352 e. The first-order chi connectivity index (χ1) is 17.5. The molecule has 0 saturated heterocycles. The number of amides is 1. The van der Waals surface area contributed by atoms with Gasteiger partial charge in [-0.15, -0.1) is 0 Å². The molecular formula is C30H32FN3OS. The molecular weight excluding hydrogens is 469 g/mol. The normalized spacial score (nSPS) is 17.9. The molecule has 1 heterocycles. The molecule has 4 nitrogen and oxygen atoms in total. The summed E-state index contributed by atoms with van der Waals surface area (Å²) in [4.78, 5) is 13.8. The van der Waals surface area contributed by atoms with Crippen LogP contribution in [0.1, 0.15) is 36.8 Å². The maximum atomic E-state index is 13.0. The van der Waals surface area contributed by atoms with Crippen LogP contribution in [0, 0.1) is 18.7 Å². The molecule has 3 aromatic carbocycles. The zero-order chi connectivity index (χ0) is 25.1. The minimum absolute atomic E-state index is 0.0503. The van der Waals surface area contributed by atoms with Crippen molar-refractivity contribution in [2.75, 3.05) is 0 Å². The van der Waals surface area contributed by atoms with Crippen molar-refractivity contribution in [3.8, 4) is 11.3 Å². The number of aromatic nitrogens is 1. The smallest absolute Gasteiger partial charge is 0.223 e. The van der Waals surface area contributed by atoms with Crippen LogP contribution < -0.4 is 10.0 Å². The molecule has 1 aliphatic carbocycles. The molecule has 0 radical (unpaired) electrons. The maximum absolute atomic E-state index is 13.0. The van der Waals surface area contributed by atoms with Gasteiger partial charge in [-0.2, -0.15) is 0 Å². The van der Waals surface area contributed by atoms with Crippen molar-refractivity contribution >= 4 is 28.8 Å². The quantitative estimate of drug-likeness (QED) is 0.275. The van der Waals surface area contributed by atoms with Crippen molar-refractivity contribution in [2.24, 2.45) is 13.0 Å². The van der Waals surface area contributed by atoms with Crippen molar-refractivity contribution in [1.82, 2.24) is 14.6 Å². The number of nitrogens with zero attached hydrogens (tertiary/aromatic N) is 1. The number of fused-ring (bicyclic) bond motifs is 1. The van der Waals surface area contributed by atoms with Crippen LogP contribution in [0.3, 0.4) is 0 Å². The number of benzene rings is 3. The molecule has 186 valence electrons. The molecule has 36 heavy (non-hydrogen) atoms. The SMILES string of the molecule is Cc1ccc(-c2cc3cc(SNC4CCC(C(=O)NCc5ccc(F)cc5)CC4)ccc3n2C)cc1. The van der Waals surface area contributed by atoms with Gasteiger partial charge in [0.25, 0.3) is 0 Å². The fourth-order valence-corrected chi connectivity index (χ4v) is 5.81. The molecule has 0 bridgehead atoms. The van der Waals surface area contributed by atoms with Gasteiger partial charge in [-0.25, -0.2) is 4.39 Å². The Morgan fingerprint density at radius 3 is 2.42 bits per heavy atom. The zero-order valence-corrected chi connectivity index (χ0v) is 21.6. The Hall–Kier alpha value is -3.09. The molecule has 1 amide bonds. The number of halogens is 1. The van der Waals surface area contributed by atoms with E-state index in [0.29, 0.717) is 12.6 Å². The monoisotopic (exact) mass is 501 g/mol. The molecule has 5 rings (SSSR count). The van der Waals surface area contributed by atoms with Crippen LogP contribution in [0.4, 0.5) is 4.39 Å². The second-order valence-electron chi connectivity index (χ2n) is 9.79. The van der Waals surface area contributed by atoms with Gasteiger partial charge in [-0.05, 0) is 92.1 Å². The second kappa shape index (κ2) is 10.9. The molecule has 1 aromatic heterocycles. The zero-order valence-electron chi connectivity index (χ0n) is 20.8. The third-order valence-corrected chi connectivity index (χ3v) is 8.12. The number of nitrogens with one attached hydrogen (secondary N) is 2. The average Bonchev–Trinajstić information content (AvgIpc) is 3.23. The summed E-state index contributed by atoms with van der Waals surface area (Å²) in [7, 11) is 2.12. The number of carbonyl (C=O) groups excluding carboxylic acids is 1. The van der Waals surface area contributed by atoms with Crippen molar-refractivity contribution in [1.29, 1.82) is 0 Å². The molecule has 0 unspecified atom stereocenters. The van der Waals surface area contributed by atoms with E-state index < -0.39 is 0 Å². The maximum Gasteiger partial charge on any atom is 0.223 e. The highest BCUT2D eigenvalue weighted by Gasteiger charge is 2.26. The van der Waals surface area contributed by atoms with Gasteiger partial charge in [0.2, 0.25) is 5.91 Å². The minimum atomic E-state index is -0.260. The molecule has 1 aliphatic rings. The van der Waals surface area contributed by atoms with Gasteiger partial charge in [-0.3, -0.25) is 9.52 Å². The fourth-order valence-electron chi connectivity index (χ4n) is 4.95. The van der Waals surface area contributed by atoms with Crippen molar-refractivity contribution in [2.45, 2.75) is 50.1 Å². The van der Waals surface area contributed by atoms with Gasteiger partial charge in [0.15, 0.2) is 0 Å². The Bertz CT molecular complexity index is 1340. The average molecular weight is 502 g/mol. The number of aryl methyl sites for hydroxylation is 2. The highest BCUT2D eigenvalue weighted by molar-refractivity contribution is 7.97. The molecule has 2 N–H and O–H groups in total. The summed E-state index contributed by atoms with van der Waals surface area (Å²) in [5.74, 6) is -0.108. The van der Waals surface area contributed by atoms with Gasteiger partial charge in [-0.1, -0.05) is 42.0 Å². The third kappa shape index (κ3) is 5.66. The van der Waals surface area contributed by atoms with E-state index in [0.717, 1.165) is 31.2 Å². The predicted octanol–water partition coefficient (Wildman–Crippen LogP) is 6.76. The molecule has 0 aliphatic heterocycles. The lowest BCUT2D eigenvalue weighted by atomic mass is 9.86. The standard InChI is InChI=1S/C30H32FN3OS/c1-20-3-7-22(8-4-20)29-18-24-17-27(15-16-28(24)34(29)2)36-33-26-13-9-23(10-14-26)30(35)32-19-21-5-11-25(31)12-6-21/h3-8,11-12,15-18,23,26,33H,9-10,13-14,19H2,1-2H3,(H,32,35). The molecule has 0 spiro atoms. The summed E-state index contributed by atoms with van der Waals surface area (Å²) in [5, 5.41) is 4.25. The Morgan fingerprint density at radius 2 is 1.69 bits per heavy atom. The highest BCUT2D eigenvalue weighted by atomic mass is 32.2.